The third-order valence-electron chi connectivity index (χ3n) is 6.30. The van der Waals surface area contributed by atoms with Gasteiger partial charge in [0.1, 0.15) is 17.7 Å². The van der Waals surface area contributed by atoms with Gasteiger partial charge in [0.05, 0.1) is 15.1 Å². The average molecular weight is 576 g/mol. The number of aliphatic hydroxyl groups excluding tert-OH is 1. The van der Waals surface area contributed by atoms with Gasteiger partial charge in [-0.3, -0.25) is 5.43 Å². The van der Waals surface area contributed by atoms with Crippen LogP contribution >= 0.6 is 11.3 Å². The third kappa shape index (κ3) is 6.64. The zero-order valence-corrected chi connectivity index (χ0v) is 23.3. The highest BCUT2D eigenvalue weighted by Crippen LogP contribution is 2.27. The van der Waals surface area contributed by atoms with E-state index < -0.39 is 22.3 Å². The van der Waals surface area contributed by atoms with Gasteiger partial charge in [0.2, 0.25) is 15.2 Å². The van der Waals surface area contributed by atoms with Crippen LogP contribution in [0.3, 0.4) is 0 Å². The first-order valence-corrected chi connectivity index (χ1v) is 14.9. The van der Waals surface area contributed by atoms with Crippen molar-refractivity contribution in [1.29, 1.82) is 0 Å². The van der Waals surface area contributed by atoms with E-state index in [9.17, 15) is 13.5 Å². The van der Waals surface area contributed by atoms with Crippen LogP contribution in [0, 0.1) is 0 Å². The van der Waals surface area contributed by atoms with Gasteiger partial charge in [0, 0.05) is 11.6 Å². The number of sulfonamides is 1. The van der Waals surface area contributed by atoms with Crippen LogP contribution in [0.25, 0.3) is 21.5 Å². The van der Waals surface area contributed by atoms with Crippen molar-refractivity contribution < 1.29 is 17.9 Å². The number of hydrazone groups is 1. The molecule has 0 bridgehead atoms. The number of benzene rings is 3. The van der Waals surface area contributed by atoms with Crippen LogP contribution in [0.15, 0.2) is 105 Å². The van der Waals surface area contributed by atoms with Crippen molar-refractivity contribution in [3.8, 4) is 11.3 Å². The van der Waals surface area contributed by atoms with Crippen LogP contribution in [0.5, 0.6) is 0 Å². The molecule has 0 aliphatic rings. The summed E-state index contributed by atoms with van der Waals surface area (Å²) in [6.45, 7) is 1.80. The van der Waals surface area contributed by atoms with Gasteiger partial charge in [-0.05, 0) is 61.7 Å². The topological polar surface area (TPSA) is 143 Å². The minimum Gasteiger partial charge on any atom is -0.455 e. The van der Waals surface area contributed by atoms with E-state index in [4.69, 9.17) is 10.2 Å². The fraction of sp³-hybridized carbons (Fsp3) is 0.172. The van der Waals surface area contributed by atoms with Crippen molar-refractivity contribution >= 4 is 42.4 Å². The highest BCUT2D eigenvalue weighted by molar-refractivity contribution is 7.89. The van der Waals surface area contributed by atoms with Crippen LogP contribution in [0.1, 0.15) is 24.7 Å². The Hall–Kier alpha value is -3.87. The van der Waals surface area contributed by atoms with E-state index in [0.717, 1.165) is 15.8 Å². The molecule has 0 spiro atoms. The van der Waals surface area contributed by atoms with Crippen molar-refractivity contribution in [1.82, 2.24) is 9.71 Å². The number of aryl methyl sites for hydroxylation is 1. The van der Waals surface area contributed by atoms with Crippen LogP contribution in [-0.2, 0) is 16.4 Å². The summed E-state index contributed by atoms with van der Waals surface area (Å²) in [5, 5.41) is 15.5. The number of nitrogens with one attached hydrogen (secondary N) is 2. The van der Waals surface area contributed by atoms with E-state index in [2.05, 4.69) is 20.2 Å². The van der Waals surface area contributed by atoms with Gasteiger partial charge >= 0.3 is 0 Å². The predicted octanol–water partition coefficient (Wildman–Crippen LogP) is 4.95. The van der Waals surface area contributed by atoms with Gasteiger partial charge in [-0.2, -0.15) is 9.82 Å². The Morgan fingerprint density at radius 3 is 2.62 bits per heavy atom. The van der Waals surface area contributed by atoms with Crippen LogP contribution in [0.4, 0.5) is 5.13 Å². The molecule has 2 atom stereocenters. The molecule has 5 rings (SSSR count). The molecule has 9 nitrogen and oxygen atoms in total. The number of hydrogen-bond donors (Lipinski definition) is 4. The van der Waals surface area contributed by atoms with Crippen molar-refractivity contribution in [2.24, 2.45) is 10.8 Å². The summed E-state index contributed by atoms with van der Waals surface area (Å²) in [6, 6.07) is 26.6. The number of rotatable bonds is 11. The first-order valence-electron chi connectivity index (χ1n) is 12.6. The third-order valence-corrected chi connectivity index (χ3v) is 8.66. The van der Waals surface area contributed by atoms with Gasteiger partial charge in [-0.1, -0.05) is 65.9 Å². The molecule has 0 radical (unpaired) electrons. The molecule has 1 unspecified atom stereocenters. The lowest BCUT2D eigenvalue weighted by atomic mass is 10.1. The number of furan rings is 1. The van der Waals surface area contributed by atoms with Crippen molar-refractivity contribution in [2.75, 3.05) is 5.43 Å². The Morgan fingerprint density at radius 2 is 1.82 bits per heavy atom. The minimum absolute atomic E-state index is 0.0137. The zero-order chi connectivity index (χ0) is 28.1. The Kier molecular flexibility index (Phi) is 8.38. The number of anilines is 1. The summed E-state index contributed by atoms with van der Waals surface area (Å²) in [4.78, 5) is 4.49. The van der Waals surface area contributed by atoms with Crippen LogP contribution < -0.4 is 15.9 Å². The molecule has 0 aliphatic carbocycles. The molecule has 0 saturated carbocycles. The smallest absolute Gasteiger partial charge is 0.242 e. The minimum atomic E-state index is -4.04. The number of aliphatic hydroxyl groups is 1. The zero-order valence-electron chi connectivity index (χ0n) is 21.7. The van der Waals surface area contributed by atoms with Crippen LogP contribution in [-0.4, -0.2) is 36.5 Å². The lowest BCUT2D eigenvalue weighted by molar-refractivity contribution is 0.130. The van der Waals surface area contributed by atoms with Gasteiger partial charge in [0.15, 0.2) is 5.76 Å². The SMILES string of the molecule is C/C(=N\Nc1nc2ccccc2s1)c1ccc(-c2cccc(S(=O)(=O)NC(O)[C@@H](N)CCc3ccccc3)c2)o1. The number of para-hydroxylation sites is 1. The summed E-state index contributed by atoms with van der Waals surface area (Å²) in [7, 11) is -4.04. The molecule has 0 saturated heterocycles. The molecule has 206 valence electrons. The maximum Gasteiger partial charge on any atom is 0.242 e. The lowest BCUT2D eigenvalue weighted by Gasteiger charge is -2.20. The standard InChI is InChI=1S/C29H29N5O4S2/c1-19(32-33-29-31-24-12-5-6-13-27(24)39-29)25-16-17-26(38-25)21-10-7-11-22(18-21)40(36,37)34-28(35)23(30)15-14-20-8-3-2-4-9-20/h2-13,16-18,23,28,34-35H,14-15,30H2,1H3,(H,31,33)/b32-19+/t23-,28?/m0/s1. The first kappa shape index (κ1) is 27.7. The molecule has 2 aromatic heterocycles. The van der Waals surface area contributed by atoms with Gasteiger partial charge < -0.3 is 15.3 Å². The quantitative estimate of drug-likeness (QED) is 0.0991. The van der Waals surface area contributed by atoms with Crippen molar-refractivity contribution in [2.45, 2.75) is 36.9 Å². The second-order valence-electron chi connectivity index (χ2n) is 9.24. The fourth-order valence-electron chi connectivity index (χ4n) is 4.06. The maximum atomic E-state index is 13.0. The summed E-state index contributed by atoms with van der Waals surface area (Å²) in [6.07, 6.45) is -0.400. The number of aromatic nitrogens is 1. The average Bonchev–Trinajstić information content (AvgIpc) is 3.63. The summed E-state index contributed by atoms with van der Waals surface area (Å²) in [5.41, 5.74) is 12.2. The van der Waals surface area contributed by atoms with Crippen molar-refractivity contribution in [3.05, 3.63) is 102 Å². The number of fused-ring (bicyclic) bond motifs is 1. The Labute approximate surface area is 236 Å². The maximum absolute atomic E-state index is 13.0. The molecular formula is C29H29N5O4S2. The second-order valence-corrected chi connectivity index (χ2v) is 12.0. The van der Waals surface area contributed by atoms with Gasteiger partial charge in [-0.25, -0.2) is 13.4 Å². The molecule has 40 heavy (non-hydrogen) atoms. The molecule has 0 aliphatic heterocycles. The summed E-state index contributed by atoms with van der Waals surface area (Å²) in [5.74, 6) is 0.997. The number of nitrogens with zero attached hydrogens (tertiary/aromatic N) is 2. The van der Waals surface area contributed by atoms with E-state index >= 15 is 0 Å². The fourth-order valence-corrected chi connectivity index (χ4v) is 6.04. The normalized spacial score (nSPS) is 13.8. The van der Waals surface area contributed by atoms with Gasteiger partial charge in [-0.15, -0.1) is 0 Å². The first-order chi connectivity index (χ1) is 19.3. The molecule has 3 aromatic carbocycles. The highest BCUT2D eigenvalue weighted by Gasteiger charge is 2.23. The number of thiazole rings is 1. The number of nitrogens with two attached hydrogens (primary N) is 1. The van der Waals surface area contributed by atoms with E-state index in [1.807, 2.05) is 54.6 Å². The Morgan fingerprint density at radius 1 is 1.05 bits per heavy atom. The highest BCUT2D eigenvalue weighted by atomic mass is 32.2. The lowest BCUT2D eigenvalue weighted by Crippen LogP contribution is -2.47. The largest absolute Gasteiger partial charge is 0.455 e. The molecule has 2 heterocycles. The van der Waals surface area contributed by atoms with E-state index in [-0.39, 0.29) is 4.90 Å². The molecular weight excluding hydrogens is 546 g/mol. The molecule has 5 N–H and O–H groups in total. The Balaban J connectivity index is 1.24. The number of hydrogen-bond acceptors (Lipinski definition) is 9. The second kappa shape index (κ2) is 12.1. The van der Waals surface area contributed by atoms with Crippen LogP contribution in [0.2, 0.25) is 0 Å². The van der Waals surface area contributed by atoms with Crippen molar-refractivity contribution in [3.63, 3.8) is 0 Å². The van der Waals surface area contributed by atoms with Gasteiger partial charge in [0.25, 0.3) is 0 Å². The summed E-state index contributed by atoms with van der Waals surface area (Å²) < 4.78 is 35.3. The predicted molar refractivity (Wildman–Crippen MR) is 159 cm³/mol. The van der Waals surface area contributed by atoms with E-state index in [1.165, 1.54) is 23.5 Å². The monoisotopic (exact) mass is 575 g/mol. The van der Waals surface area contributed by atoms with E-state index in [1.54, 1.807) is 31.2 Å². The molecule has 5 aromatic rings. The van der Waals surface area contributed by atoms with E-state index in [0.29, 0.717) is 40.8 Å². The molecule has 0 fully saturated rings. The summed E-state index contributed by atoms with van der Waals surface area (Å²) >= 11 is 1.50. The Bertz CT molecular complexity index is 1700. The molecule has 11 heteroatoms. The molecule has 0 amide bonds.